The molecule has 0 bridgehead atoms. The maximum absolute atomic E-state index is 12.3. The van der Waals surface area contributed by atoms with Gasteiger partial charge in [0.15, 0.2) is 11.4 Å². The molecule has 0 saturated carbocycles. The lowest BCUT2D eigenvalue weighted by Gasteiger charge is -2.11. The molecule has 0 amide bonds. The predicted molar refractivity (Wildman–Crippen MR) is 83.6 cm³/mol. The van der Waals surface area contributed by atoms with E-state index in [1.165, 1.54) is 36.5 Å². The molecule has 0 saturated heterocycles. The molecule has 0 unspecified atom stereocenters. The van der Waals surface area contributed by atoms with Crippen LogP contribution in [0.25, 0.3) is 10.8 Å². The number of halogens is 3. The standard InChI is InChI=1S/C17H10F3NO5/c18-17(19,20)26-12-3-1-2-10(6-12)25-11-5-4-9-8-21-14(16(23)24)15(22)13(9)7-11/h1-8,22H,(H,23,24). The zero-order valence-electron chi connectivity index (χ0n) is 12.8. The smallest absolute Gasteiger partial charge is 0.505 e. The van der Waals surface area contributed by atoms with E-state index >= 15 is 0 Å². The van der Waals surface area contributed by atoms with Crippen molar-refractivity contribution in [1.29, 1.82) is 0 Å². The van der Waals surface area contributed by atoms with Gasteiger partial charge in [0, 0.05) is 23.0 Å². The van der Waals surface area contributed by atoms with Gasteiger partial charge >= 0.3 is 12.3 Å². The van der Waals surface area contributed by atoms with Gasteiger partial charge in [-0.05, 0) is 30.3 Å². The van der Waals surface area contributed by atoms with Crippen molar-refractivity contribution in [1.82, 2.24) is 4.98 Å². The van der Waals surface area contributed by atoms with Crippen LogP contribution in [0, 0.1) is 0 Å². The molecule has 0 aliphatic rings. The Balaban J connectivity index is 1.93. The monoisotopic (exact) mass is 365 g/mol. The van der Waals surface area contributed by atoms with E-state index < -0.39 is 29.5 Å². The Bertz CT molecular complexity index is 988. The molecule has 134 valence electrons. The molecule has 0 aliphatic heterocycles. The molecule has 1 aromatic heterocycles. The summed E-state index contributed by atoms with van der Waals surface area (Å²) in [7, 11) is 0. The van der Waals surface area contributed by atoms with Crippen LogP contribution in [-0.2, 0) is 0 Å². The normalized spacial score (nSPS) is 11.3. The van der Waals surface area contributed by atoms with E-state index in [1.807, 2.05) is 0 Å². The van der Waals surface area contributed by atoms with Crippen molar-refractivity contribution < 1.29 is 37.7 Å². The van der Waals surface area contributed by atoms with Crippen LogP contribution < -0.4 is 9.47 Å². The van der Waals surface area contributed by atoms with Crippen LogP contribution in [0.1, 0.15) is 10.5 Å². The number of ether oxygens (including phenoxy) is 2. The predicted octanol–water partition coefficient (Wildman–Crippen LogP) is 4.33. The molecule has 6 nitrogen and oxygen atoms in total. The van der Waals surface area contributed by atoms with Gasteiger partial charge in [-0.2, -0.15) is 0 Å². The van der Waals surface area contributed by atoms with Gasteiger partial charge in [-0.15, -0.1) is 13.2 Å². The number of hydrogen-bond acceptors (Lipinski definition) is 5. The zero-order chi connectivity index (χ0) is 18.9. The van der Waals surface area contributed by atoms with Crippen LogP contribution in [0.4, 0.5) is 13.2 Å². The first-order chi connectivity index (χ1) is 12.2. The molecule has 9 heteroatoms. The summed E-state index contributed by atoms with van der Waals surface area (Å²) in [5.41, 5.74) is -0.518. The molecule has 0 radical (unpaired) electrons. The second kappa shape index (κ2) is 6.43. The first kappa shape index (κ1) is 17.3. The van der Waals surface area contributed by atoms with E-state index in [4.69, 9.17) is 9.84 Å². The molecule has 2 N–H and O–H groups in total. The van der Waals surface area contributed by atoms with Gasteiger partial charge < -0.3 is 19.7 Å². The number of pyridine rings is 1. The Kier molecular flexibility index (Phi) is 4.29. The summed E-state index contributed by atoms with van der Waals surface area (Å²) < 4.78 is 46.1. The Morgan fingerprint density at radius 3 is 2.42 bits per heavy atom. The summed E-state index contributed by atoms with van der Waals surface area (Å²) in [6.45, 7) is 0. The highest BCUT2D eigenvalue weighted by Crippen LogP contribution is 2.33. The lowest BCUT2D eigenvalue weighted by Crippen LogP contribution is -2.16. The van der Waals surface area contributed by atoms with Crippen LogP contribution in [0.15, 0.2) is 48.7 Å². The number of hydrogen-bond donors (Lipinski definition) is 2. The second-order valence-electron chi connectivity index (χ2n) is 5.13. The SMILES string of the molecule is O=C(O)c1ncc2ccc(Oc3cccc(OC(F)(F)F)c3)cc2c1O. The molecule has 3 rings (SSSR count). The van der Waals surface area contributed by atoms with E-state index in [-0.39, 0.29) is 16.9 Å². The first-order valence-corrected chi connectivity index (χ1v) is 7.11. The average molecular weight is 365 g/mol. The third-order valence-corrected chi connectivity index (χ3v) is 3.31. The lowest BCUT2D eigenvalue weighted by atomic mass is 10.1. The number of aromatic nitrogens is 1. The molecular formula is C17H10F3NO5. The van der Waals surface area contributed by atoms with Crippen molar-refractivity contribution in [3.8, 4) is 23.0 Å². The summed E-state index contributed by atoms with van der Waals surface area (Å²) in [5.74, 6) is -2.13. The summed E-state index contributed by atoms with van der Waals surface area (Å²) in [5, 5.41) is 19.7. The Hall–Kier alpha value is -3.49. The number of carboxylic acids is 1. The zero-order valence-corrected chi connectivity index (χ0v) is 12.8. The van der Waals surface area contributed by atoms with Crippen molar-refractivity contribution in [3.63, 3.8) is 0 Å². The largest absolute Gasteiger partial charge is 0.573 e. The van der Waals surface area contributed by atoms with Gasteiger partial charge in [0.1, 0.15) is 17.2 Å². The van der Waals surface area contributed by atoms with Crippen molar-refractivity contribution in [3.05, 3.63) is 54.4 Å². The van der Waals surface area contributed by atoms with Gasteiger partial charge in [0.05, 0.1) is 0 Å². The number of benzene rings is 2. The Morgan fingerprint density at radius 1 is 1.04 bits per heavy atom. The van der Waals surface area contributed by atoms with Crippen molar-refractivity contribution >= 4 is 16.7 Å². The van der Waals surface area contributed by atoms with E-state index in [0.717, 1.165) is 12.1 Å². The fraction of sp³-hybridized carbons (Fsp3) is 0.0588. The van der Waals surface area contributed by atoms with Crippen molar-refractivity contribution in [2.45, 2.75) is 6.36 Å². The quantitative estimate of drug-likeness (QED) is 0.715. The summed E-state index contributed by atoms with van der Waals surface area (Å²) in [6.07, 6.45) is -3.55. The summed E-state index contributed by atoms with van der Waals surface area (Å²) >= 11 is 0. The fourth-order valence-corrected chi connectivity index (χ4v) is 2.27. The van der Waals surface area contributed by atoms with E-state index in [0.29, 0.717) is 5.39 Å². The van der Waals surface area contributed by atoms with Gasteiger partial charge in [-0.3, -0.25) is 0 Å². The second-order valence-corrected chi connectivity index (χ2v) is 5.13. The fourth-order valence-electron chi connectivity index (χ4n) is 2.27. The lowest BCUT2D eigenvalue weighted by molar-refractivity contribution is -0.274. The first-order valence-electron chi connectivity index (χ1n) is 7.11. The number of carbonyl (C=O) groups is 1. The highest BCUT2D eigenvalue weighted by atomic mass is 19.4. The van der Waals surface area contributed by atoms with Crippen LogP contribution in [0.3, 0.4) is 0 Å². The minimum atomic E-state index is -4.83. The Morgan fingerprint density at radius 2 is 1.73 bits per heavy atom. The van der Waals surface area contributed by atoms with E-state index in [1.54, 1.807) is 0 Å². The molecule has 2 aromatic carbocycles. The number of fused-ring (bicyclic) bond motifs is 1. The average Bonchev–Trinajstić information content (AvgIpc) is 2.54. The van der Waals surface area contributed by atoms with Crippen LogP contribution in [0.2, 0.25) is 0 Å². The number of aromatic hydroxyl groups is 1. The van der Waals surface area contributed by atoms with Gasteiger partial charge in [-0.1, -0.05) is 6.07 Å². The topological polar surface area (TPSA) is 88.9 Å². The molecule has 26 heavy (non-hydrogen) atoms. The molecular weight excluding hydrogens is 355 g/mol. The molecule has 1 heterocycles. The number of alkyl halides is 3. The van der Waals surface area contributed by atoms with Crippen molar-refractivity contribution in [2.24, 2.45) is 0 Å². The number of carboxylic acid groups (broad SMARTS) is 1. The van der Waals surface area contributed by atoms with E-state index in [2.05, 4.69) is 9.72 Å². The molecule has 0 spiro atoms. The van der Waals surface area contributed by atoms with E-state index in [9.17, 15) is 23.1 Å². The molecule has 3 aromatic rings. The van der Waals surface area contributed by atoms with Gasteiger partial charge in [0.2, 0.25) is 0 Å². The summed E-state index contributed by atoms with van der Waals surface area (Å²) in [6, 6.07) is 9.30. The summed E-state index contributed by atoms with van der Waals surface area (Å²) in [4.78, 5) is 14.7. The molecule has 0 atom stereocenters. The third-order valence-electron chi connectivity index (χ3n) is 3.31. The number of nitrogens with zero attached hydrogens (tertiary/aromatic N) is 1. The van der Waals surface area contributed by atoms with Crippen LogP contribution in [-0.4, -0.2) is 27.5 Å². The van der Waals surface area contributed by atoms with Crippen molar-refractivity contribution in [2.75, 3.05) is 0 Å². The van der Waals surface area contributed by atoms with Crippen LogP contribution in [0.5, 0.6) is 23.0 Å². The van der Waals surface area contributed by atoms with Crippen LogP contribution >= 0.6 is 0 Å². The highest BCUT2D eigenvalue weighted by molar-refractivity contribution is 5.98. The maximum Gasteiger partial charge on any atom is 0.573 e. The molecule has 0 fully saturated rings. The minimum Gasteiger partial charge on any atom is -0.505 e. The molecule has 0 aliphatic carbocycles. The number of rotatable bonds is 4. The van der Waals surface area contributed by atoms with Gasteiger partial charge in [-0.25, -0.2) is 9.78 Å². The maximum atomic E-state index is 12.3. The Labute approximate surface area is 144 Å². The minimum absolute atomic E-state index is 0.0677. The highest BCUT2D eigenvalue weighted by Gasteiger charge is 2.31. The number of aromatic carboxylic acids is 1. The van der Waals surface area contributed by atoms with Gasteiger partial charge in [0.25, 0.3) is 0 Å². The third kappa shape index (κ3) is 3.77.